The van der Waals surface area contributed by atoms with Gasteiger partial charge >= 0.3 is 0 Å². The van der Waals surface area contributed by atoms with Crippen LogP contribution in [0.15, 0.2) is 34.8 Å². The topological polar surface area (TPSA) is 38.3 Å². The molecule has 3 heteroatoms. The number of nitrogens with one attached hydrogen (secondary N) is 1. The van der Waals surface area contributed by atoms with Crippen LogP contribution in [0.5, 0.6) is 0 Å². The van der Waals surface area contributed by atoms with Crippen LogP contribution in [0.3, 0.4) is 0 Å². The first-order valence-electron chi connectivity index (χ1n) is 10.7. The summed E-state index contributed by atoms with van der Waals surface area (Å²) in [6.07, 6.45) is 11.9. The van der Waals surface area contributed by atoms with Gasteiger partial charge in [-0.3, -0.25) is 4.79 Å². The van der Waals surface area contributed by atoms with Gasteiger partial charge in [0.25, 0.3) is 0 Å². The highest BCUT2D eigenvalue weighted by Crippen LogP contribution is 2.32. The summed E-state index contributed by atoms with van der Waals surface area (Å²) < 4.78 is 6.09. The molecule has 3 aliphatic rings. The van der Waals surface area contributed by atoms with Crippen LogP contribution < -0.4 is 5.32 Å². The maximum Gasteiger partial charge on any atom is 0.226 e. The van der Waals surface area contributed by atoms with Crippen LogP contribution in [0.1, 0.15) is 86.5 Å². The van der Waals surface area contributed by atoms with Crippen molar-refractivity contribution in [3.8, 4) is 0 Å². The summed E-state index contributed by atoms with van der Waals surface area (Å²) in [4.78, 5) is 12.2. The van der Waals surface area contributed by atoms with Crippen LogP contribution in [0.2, 0.25) is 0 Å². The van der Waals surface area contributed by atoms with E-state index in [1.54, 1.807) is 0 Å². The second-order valence-corrected chi connectivity index (χ2v) is 7.04. The van der Waals surface area contributed by atoms with E-state index in [4.69, 9.17) is 4.74 Å². The number of ether oxygens (including phenoxy) is 1. The molecular weight excluding hydrogens is 322 g/mol. The zero-order chi connectivity index (χ0) is 19.5. The number of fused-ring (bicyclic) bond motifs is 1. The predicted molar refractivity (Wildman–Crippen MR) is 111 cm³/mol. The molecule has 2 atom stereocenters. The molecule has 3 nitrogen and oxygen atoms in total. The first kappa shape index (κ1) is 22.5. The van der Waals surface area contributed by atoms with E-state index >= 15 is 0 Å². The van der Waals surface area contributed by atoms with E-state index in [1.165, 1.54) is 24.0 Å². The van der Waals surface area contributed by atoms with Gasteiger partial charge in [-0.2, -0.15) is 0 Å². The summed E-state index contributed by atoms with van der Waals surface area (Å²) in [5, 5.41) is 3.16. The van der Waals surface area contributed by atoms with Crippen molar-refractivity contribution in [2.24, 2.45) is 11.8 Å². The third-order valence-electron chi connectivity index (χ3n) is 5.03. The minimum absolute atomic E-state index is 0.114. The molecule has 148 valence electrons. The molecule has 1 aliphatic carbocycles. The van der Waals surface area contributed by atoms with Crippen molar-refractivity contribution in [1.29, 1.82) is 0 Å². The van der Waals surface area contributed by atoms with E-state index in [-0.39, 0.29) is 11.8 Å². The van der Waals surface area contributed by atoms with Crippen molar-refractivity contribution in [3.63, 3.8) is 0 Å². The lowest BCUT2D eigenvalue weighted by atomic mass is 9.95. The van der Waals surface area contributed by atoms with Gasteiger partial charge < -0.3 is 10.1 Å². The minimum atomic E-state index is 0.114. The number of allylic oxidation sites excluding steroid dienone is 4. The number of carbonyl (C=O) groups excluding carboxylic acids is 1. The van der Waals surface area contributed by atoms with Crippen LogP contribution in [0, 0.1) is 11.8 Å². The first-order valence-corrected chi connectivity index (χ1v) is 10.7. The highest BCUT2D eigenvalue weighted by molar-refractivity contribution is 5.80. The SMILES string of the molecule is CC.CC.CC1CCCC2=CCC3=C(C=C2OC1)CCCC(C)C(=O)N3. The van der Waals surface area contributed by atoms with Gasteiger partial charge in [-0.1, -0.05) is 47.6 Å². The first-order chi connectivity index (χ1) is 12.6. The molecule has 0 aromatic rings. The molecule has 0 aromatic heterocycles. The lowest BCUT2D eigenvalue weighted by Crippen LogP contribution is -2.30. The Morgan fingerprint density at radius 1 is 1.04 bits per heavy atom. The van der Waals surface area contributed by atoms with Crippen molar-refractivity contribution < 1.29 is 9.53 Å². The zero-order valence-electron chi connectivity index (χ0n) is 17.8. The van der Waals surface area contributed by atoms with Crippen molar-refractivity contribution in [2.45, 2.75) is 86.5 Å². The molecule has 1 N–H and O–H groups in total. The van der Waals surface area contributed by atoms with Crippen molar-refractivity contribution in [2.75, 3.05) is 6.61 Å². The van der Waals surface area contributed by atoms with E-state index < -0.39 is 0 Å². The fourth-order valence-corrected chi connectivity index (χ4v) is 3.47. The largest absolute Gasteiger partial charge is 0.493 e. The molecular formula is C23H39NO2. The van der Waals surface area contributed by atoms with Gasteiger partial charge in [0.05, 0.1) is 6.61 Å². The Morgan fingerprint density at radius 3 is 2.46 bits per heavy atom. The van der Waals surface area contributed by atoms with Crippen molar-refractivity contribution in [3.05, 3.63) is 34.8 Å². The lowest BCUT2D eigenvalue weighted by Gasteiger charge is -2.21. The Morgan fingerprint density at radius 2 is 1.73 bits per heavy atom. The summed E-state index contributed by atoms with van der Waals surface area (Å²) in [5.41, 5.74) is 3.66. The van der Waals surface area contributed by atoms with E-state index in [0.29, 0.717) is 5.92 Å². The van der Waals surface area contributed by atoms with Gasteiger partial charge in [-0.25, -0.2) is 0 Å². The quantitative estimate of drug-likeness (QED) is 0.551. The third kappa shape index (κ3) is 6.34. The number of carbonyl (C=O) groups is 1. The van der Waals surface area contributed by atoms with Crippen LogP contribution >= 0.6 is 0 Å². The van der Waals surface area contributed by atoms with Crippen molar-refractivity contribution in [1.82, 2.24) is 5.32 Å². The van der Waals surface area contributed by atoms with Gasteiger partial charge in [0, 0.05) is 18.0 Å². The highest BCUT2D eigenvalue weighted by atomic mass is 16.5. The average Bonchev–Trinajstić information content (AvgIpc) is 2.80. The molecule has 0 saturated carbocycles. The summed E-state index contributed by atoms with van der Waals surface area (Å²) in [6, 6.07) is 0. The standard InChI is InChI=1S/C19H27NO2.2C2H6/c1-13-5-3-7-15-9-10-17-16(11-18(15)22-12-13)8-4-6-14(2)19(21)20-17;2*1-2/h9,11,13-14H,3-8,10,12H2,1-2H3,(H,20,21);2*1-2H3. The predicted octanol–water partition coefficient (Wildman–Crippen LogP) is 6.28. The number of rotatable bonds is 0. The molecule has 2 unspecified atom stereocenters. The Kier molecular flexibility index (Phi) is 10.4. The van der Waals surface area contributed by atoms with Crippen LogP contribution in [0.25, 0.3) is 0 Å². The molecule has 3 rings (SSSR count). The second kappa shape index (κ2) is 12.0. The highest BCUT2D eigenvalue weighted by Gasteiger charge is 2.22. The molecule has 2 aliphatic heterocycles. The third-order valence-corrected chi connectivity index (χ3v) is 5.03. The van der Waals surface area contributed by atoms with Crippen LogP contribution in [-0.4, -0.2) is 12.5 Å². The Bertz CT molecular complexity index is 542. The Labute approximate surface area is 161 Å². The fraction of sp³-hybridized carbons (Fsp3) is 0.696. The Hall–Kier alpha value is -1.51. The van der Waals surface area contributed by atoms with E-state index in [9.17, 15) is 4.79 Å². The molecule has 0 spiro atoms. The van der Waals surface area contributed by atoms with E-state index in [2.05, 4.69) is 24.4 Å². The van der Waals surface area contributed by atoms with E-state index in [0.717, 1.165) is 50.2 Å². The van der Waals surface area contributed by atoms with Crippen LogP contribution in [-0.2, 0) is 9.53 Å². The van der Waals surface area contributed by atoms with Crippen LogP contribution in [0.4, 0.5) is 0 Å². The minimum Gasteiger partial charge on any atom is -0.493 e. The fourth-order valence-electron chi connectivity index (χ4n) is 3.47. The Balaban J connectivity index is 0.000000791. The molecule has 1 fully saturated rings. The monoisotopic (exact) mass is 361 g/mol. The maximum atomic E-state index is 12.2. The van der Waals surface area contributed by atoms with Gasteiger partial charge in [0.15, 0.2) is 0 Å². The summed E-state index contributed by atoms with van der Waals surface area (Å²) in [6.45, 7) is 13.1. The average molecular weight is 362 g/mol. The zero-order valence-corrected chi connectivity index (χ0v) is 17.8. The lowest BCUT2D eigenvalue weighted by molar-refractivity contribution is -0.124. The summed E-state index contributed by atoms with van der Waals surface area (Å²) in [5.74, 6) is 1.94. The molecule has 1 amide bonds. The number of hydrogen-bond donors (Lipinski definition) is 1. The van der Waals surface area contributed by atoms with E-state index in [1.807, 2.05) is 34.6 Å². The van der Waals surface area contributed by atoms with Gasteiger partial charge in [-0.15, -0.1) is 0 Å². The maximum absolute atomic E-state index is 12.2. The van der Waals surface area contributed by atoms with Gasteiger partial charge in [-0.05, 0) is 61.7 Å². The normalized spacial score (nSPS) is 25.8. The molecule has 0 aromatic carbocycles. The number of hydrogen-bond acceptors (Lipinski definition) is 2. The molecule has 0 radical (unpaired) electrons. The molecule has 26 heavy (non-hydrogen) atoms. The second-order valence-electron chi connectivity index (χ2n) is 7.04. The molecule has 0 bridgehead atoms. The smallest absolute Gasteiger partial charge is 0.226 e. The van der Waals surface area contributed by atoms with Crippen molar-refractivity contribution >= 4 is 5.91 Å². The summed E-state index contributed by atoms with van der Waals surface area (Å²) in [7, 11) is 0. The molecule has 2 heterocycles. The number of amides is 1. The van der Waals surface area contributed by atoms with Gasteiger partial charge in [0.1, 0.15) is 5.76 Å². The summed E-state index contributed by atoms with van der Waals surface area (Å²) >= 11 is 0. The van der Waals surface area contributed by atoms with Gasteiger partial charge in [0.2, 0.25) is 5.91 Å². The molecule has 1 saturated heterocycles.